The van der Waals surface area contributed by atoms with Crippen molar-refractivity contribution in [1.29, 1.82) is 0 Å². The van der Waals surface area contributed by atoms with Crippen molar-refractivity contribution in [2.24, 2.45) is 5.92 Å². The van der Waals surface area contributed by atoms with E-state index in [0.717, 1.165) is 31.0 Å². The fourth-order valence-corrected chi connectivity index (χ4v) is 4.73. The van der Waals surface area contributed by atoms with E-state index >= 15 is 0 Å². The number of Topliss-reactive ketones (excluding diaryl/α,β-unsaturated/α-hetero) is 1. The summed E-state index contributed by atoms with van der Waals surface area (Å²) >= 11 is 0. The number of rotatable bonds is 9. The molecule has 1 atom stereocenters. The van der Waals surface area contributed by atoms with Crippen LogP contribution in [0.1, 0.15) is 52.6 Å². The summed E-state index contributed by atoms with van der Waals surface area (Å²) in [5.41, 5.74) is 0.0636. The van der Waals surface area contributed by atoms with Crippen molar-refractivity contribution in [2.75, 3.05) is 7.11 Å². The van der Waals surface area contributed by atoms with E-state index in [9.17, 15) is 33.4 Å². The van der Waals surface area contributed by atoms with Gasteiger partial charge in [-0.2, -0.15) is 0 Å². The number of carbonyl (C=O) groups is 1. The highest BCUT2D eigenvalue weighted by Gasteiger charge is 2.65. The Morgan fingerprint density at radius 3 is 2.31 bits per heavy atom. The number of nitrogens with one attached hydrogen (secondary N) is 1. The summed E-state index contributed by atoms with van der Waals surface area (Å²) in [6.07, 6.45) is 1.34. The number of hydrogen-bond acceptors (Lipinski definition) is 4. The highest BCUT2D eigenvalue weighted by atomic mass is 32.5. The number of nitrogens with zero attached hydrogens (tertiary/aromatic N) is 1. The van der Waals surface area contributed by atoms with Crippen LogP contribution in [-0.4, -0.2) is 22.9 Å². The molecule has 0 amide bonds. The van der Waals surface area contributed by atoms with Crippen molar-refractivity contribution in [2.45, 2.75) is 36.5 Å². The smallest absolute Gasteiger partial charge is 0.310 e. The molecule has 4 rings (SSSR count). The van der Waals surface area contributed by atoms with Crippen molar-refractivity contribution >= 4 is 16.0 Å². The second-order valence-corrected chi connectivity index (χ2v) is 11.2. The monoisotopic (exact) mass is 532 g/mol. The zero-order chi connectivity index (χ0) is 26.4. The van der Waals surface area contributed by atoms with Crippen LogP contribution in [-0.2, 0) is 6.42 Å². The SMILES string of the molecule is COc1ccc(Cc2nc(C(=O)C[C@@H](c3ccc(S(F)(F)(F)(F)F)cc3)C3CC3)cc(=O)[nH]2)cc1F. The predicted octanol–water partition coefficient (Wildman–Crippen LogP) is 6.93. The van der Waals surface area contributed by atoms with E-state index < -0.39 is 38.2 Å². The number of ether oxygens (including phenoxy) is 1. The Morgan fingerprint density at radius 2 is 1.75 bits per heavy atom. The Kier molecular flexibility index (Phi) is 6.02. The Balaban J connectivity index is 1.55. The molecule has 1 aliphatic carbocycles. The summed E-state index contributed by atoms with van der Waals surface area (Å²) in [4.78, 5) is 29.8. The van der Waals surface area contributed by atoms with Gasteiger partial charge in [0.2, 0.25) is 0 Å². The summed E-state index contributed by atoms with van der Waals surface area (Å²) in [6, 6.07) is 7.85. The van der Waals surface area contributed by atoms with Gasteiger partial charge in [-0.15, -0.1) is 0 Å². The first-order valence-electron chi connectivity index (χ1n) is 10.9. The minimum absolute atomic E-state index is 0.00325. The third kappa shape index (κ3) is 6.10. The molecule has 1 saturated carbocycles. The van der Waals surface area contributed by atoms with Crippen LogP contribution in [0.2, 0.25) is 0 Å². The average Bonchev–Trinajstić information content (AvgIpc) is 3.61. The van der Waals surface area contributed by atoms with Crippen LogP contribution < -0.4 is 10.3 Å². The molecular formula is C24H22F6N2O3S. The Morgan fingerprint density at radius 1 is 1.08 bits per heavy atom. The van der Waals surface area contributed by atoms with Gasteiger partial charge in [0.1, 0.15) is 16.4 Å². The van der Waals surface area contributed by atoms with Crippen molar-refractivity contribution in [3.63, 3.8) is 0 Å². The van der Waals surface area contributed by atoms with E-state index in [0.29, 0.717) is 23.3 Å². The van der Waals surface area contributed by atoms with Gasteiger partial charge < -0.3 is 9.72 Å². The molecule has 1 aromatic heterocycles. The summed E-state index contributed by atoms with van der Waals surface area (Å²) < 4.78 is 84.1. The molecule has 36 heavy (non-hydrogen) atoms. The van der Waals surface area contributed by atoms with Crippen molar-refractivity contribution in [3.05, 3.63) is 87.3 Å². The van der Waals surface area contributed by atoms with Crippen LogP contribution in [0.25, 0.3) is 0 Å². The van der Waals surface area contributed by atoms with Crippen LogP contribution >= 0.6 is 10.2 Å². The molecule has 0 bridgehead atoms. The molecule has 0 saturated heterocycles. The Labute approximate surface area is 202 Å². The number of aromatic amines is 1. The third-order valence-corrected chi connectivity index (χ3v) is 7.18. The lowest BCUT2D eigenvalue weighted by atomic mass is 9.88. The van der Waals surface area contributed by atoms with Crippen molar-refractivity contribution in [1.82, 2.24) is 9.97 Å². The van der Waals surface area contributed by atoms with Gasteiger partial charge >= 0.3 is 10.2 Å². The van der Waals surface area contributed by atoms with Gasteiger partial charge in [0.25, 0.3) is 5.56 Å². The molecule has 12 heteroatoms. The van der Waals surface area contributed by atoms with Crippen LogP contribution in [0.4, 0.5) is 23.8 Å². The van der Waals surface area contributed by atoms with Gasteiger partial charge in [-0.1, -0.05) is 37.6 Å². The fraction of sp³-hybridized carbons (Fsp3) is 0.292. The number of H-pyrrole nitrogens is 1. The van der Waals surface area contributed by atoms with Crippen LogP contribution in [0, 0.1) is 11.7 Å². The first-order chi connectivity index (χ1) is 16.6. The van der Waals surface area contributed by atoms with E-state index in [-0.39, 0.29) is 36.0 Å². The minimum Gasteiger partial charge on any atom is -0.494 e. The molecule has 0 unspecified atom stereocenters. The van der Waals surface area contributed by atoms with E-state index in [2.05, 4.69) is 9.97 Å². The van der Waals surface area contributed by atoms with Gasteiger partial charge in [0, 0.05) is 18.9 Å². The van der Waals surface area contributed by atoms with Gasteiger partial charge in [0.05, 0.1) is 7.11 Å². The number of aromatic nitrogens is 2. The average molecular weight is 533 g/mol. The van der Waals surface area contributed by atoms with E-state index in [4.69, 9.17) is 4.74 Å². The van der Waals surface area contributed by atoms with Gasteiger partial charge in [-0.3, -0.25) is 9.59 Å². The van der Waals surface area contributed by atoms with Crippen molar-refractivity contribution < 1.29 is 33.4 Å². The normalized spacial score (nSPS) is 16.6. The summed E-state index contributed by atoms with van der Waals surface area (Å²) in [5.74, 6) is -1.46. The maximum atomic E-state index is 14.0. The second-order valence-electron chi connectivity index (χ2n) is 8.83. The first kappa shape index (κ1) is 25.8. The standard InChI is InChI=1S/C24H22F6N2O3S/c1-35-22-9-2-14(10-19(22)25)11-23-31-20(13-24(34)32-23)21(33)12-18(15-3-4-15)16-5-7-17(8-6-16)36(26,27,28,29)30/h2,5-10,13,15,18H,3-4,11-12H2,1H3,(H,31,32,34)/t18-/m1/s1. The van der Waals surface area contributed by atoms with Gasteiger partial charge in [-0.25, -0.2) is 9.37 Å². The quantitative estimate of drug-likeness (QED) is 0.240. The van der Waals surface area contributed by atoms with Crippen LogP contribution in [0.15, 0.2) is 58.2 Å². The maximum Gasteiger partial charge on any atom is 0.310 e. The highest BCUT2D eigenvalue weighted by molar-refractivity contribution is 8.45. The fourth-order valence-electron chi connectivity index (χ4n) is 4.08. The summed E-state index contributed by atoms with van der Waals surface area (Å²) in [5, 5.41) is 0. The van der Waals surface area contributed by atoms with E-state index in [1.165, 1.54) is 19.2 Å². The molecule has 3 aromatic rings. The first-order valence-corrected chi connectivity index (χ1v) is 12.9. The molecule has 1 fully saturated rings. The summed E-state index contributed by atoms with van der Waals surface area (Å²) in [6.45, 7) is 0. The predicted molar refractivity (Wildman–Crippen MR) is 123 cm³/mol. The van der Waals surface area contributed by atoms with Gasteiger partial charge in [-0.05, 0) is 60.1 Å². The lowest BCUT2D eigenvalue weighted by molar-refractivity contribution is 0.0964. The minimum atomic E-state index is -9.80. The number of ketones is 1. The molecule has 194 valence electrons. The number of methoxy groups -OCH3 is 1. The Bertz CT molecular complexity index is 1370. The molecule has 1 heterocycles. The molecule has 1 N–H and O–H groups in total. The third-order valence-electron chi connectivity index (χ3n) is 6.01. The Hall–Kier alpha value is -3.28. The molecule has 2 aromatic carbocycles. The lowest BCUT2D eigenvalue weighted by Gasteiger charge is -2.40. The second kappa shape index (κ2) is 8.39. The largest absolute Gasteiger partial charge is 0.494 e. The van der Waals surface area contributed by atoms with E-state index in [1.807, 2.05) is 0 Å². The molecule has 5 nitrogen and oxygen atoms in total. The number of benzene rings is 2. The van der Waals surface area contributed by atoms with Crippen molar-refractivity contribution in [3.8, 4) is 5.75 Å². The molecular weight excluding hydrogens is 510 g/mol. The summed E-state index contributed by atoms with van der Waals surface area (Å²) in [7, 11) is -8.48. The highest BCUT2D eigenvalue weighted by Crippen LogP contribution is 3.02. The molecule has 0 aliphatic heterocycles. The molecule has 1 aliphatic rings. The molecule has 0 spiro atoms. The van der Waals surface area contributed by atoms with Crippen LogP contribution in [0.5, 0.6) is 5.75 Å². The zero-order valence-corrected chi connectivity index (χ0v) is 19.8. The van der Waals surface area contributed by atoms with E-state index in [1.54, 1.807) is 6.07 Å². The number of halogens is 6. The van der Waals surface area contributed by atoms with Crippen LogP contribution in [0.3, 0.4) is 0 Å². The number of carbonyl (C=O) groups excluding carboxylic acids is 1. The lowest BCUT2D eigenvalue weighted by Crippen LogP contribution is -2.18. The zero-order valence-electron chi connectivity index (χ0n) is 18.9. The number of hydrogen-bond donors (Lipinski definition) is 1. The maximum absolute atomic E-state index is 14.0. The van der Waals surface area contributed by atoms with Gasteiger partial charge in [0.15, 0.2) is 17.3 Å². The topological polar surface area (TPSA) is 72.0 Å². The molecule has 0 radical (unpaired) electrons.